The quantitative estimate of drug-likeness (QED) is 0.851. The van der Waals surface area contributed by atoms with Crippen LogP contribution in [0.15, 0.2) is 28.7 Å². The Balaban J connectivity index is 1.18. The number of carbonyl (C=O) groups is 1. The molecule has 1 aromatic carbocycles. The normalized spacial score (nSPS) is 26.1. The Hall–Kier alpha value is -2.44. The Morgan fingerprint density at radius 1 is 1.21 bits per heavy atom. The van der Waals surface area contributed by atoms with Crippen molar-refractivity contribution in [2.45, 2.75) is 56.9 Å². The van der Waals surface area contributed by atoms with Crippen LogP contribution in [-0.4, -0.2) is 40.1 Å². The highest BCUT2D eigenvalue weighted by Crippen LogP contribution is 2.55. The van der Waals surface area contributed by atoms with Gasteiger partial charge in [0.2, 0.25) is 11.8 Å². The molecule has 1 aromatic heterocycles. The van der Waals surface area contributed by atoms with Crippen LogP contribution in [0.3, 0.4) is 0 Å². The Labute approximate surface area is 163 Å². The second kappa shape index (κ2) is 6.57. The van der Waals surface area contributed by atoms with Gasteiger partial charge in [0.05, 0.1) is 0 Å². The average Bonchev–Trinajstić information content (AvgIpc) is 3.61. The zero-order valence-electron chi connectivity index (χ0n) is 16.0. The molecule has 1 amide bonds. The van der Waals surface area contributed by atoms with E-state index in [4.69, 9.17) is 4.42 Å². The number of hydrogen-bond donors (Lipinski definition) is 1. The zero-order chi connectivity index (χ0) is 19.3. The molecule has 0 unspecified atom stereocenters. The minimum atomic E-state index is -0.414. The molecule has 3 aliphatic rings. The summed E-state index contributed by atoms with van der Waals surface area (Å²) in [7, 11) is 0. The molecule has 3 atom stereocenters. The molecule has 0 bridgehead atoms. The first-order chi connectivity index (χ1) is 13.5. The van der Waals surface area contributed by atoms with E-state index >= 15 is 0 Å². The SMILES string of the molecule is C[C@H](Nc1nnc([C@@H]2C[C@H]2c2ccccc2F)o1)C(=O)N1CCC2(CC1)CC2. The van der Waals surface area contributed by atoms with E-state index in [0.717, 1.165) is 32.4 Å². The van der Waals surface area contributed by atoms with Gasteiger partial charge in [-0.3, -0.25) is 4.79 Å². The van der Waals surface area contributed by atoms with Crippen molar-refractivity contribution in [1.29, 1.82) is 0 Å². The molecule has 2 heterocycles. The van der Waals surface area contributed by atoms with Crippen LogP contribution in [0.5, 0.6) is 0 Å². The van der Waals surface area contributed by atoms with Gasteiger partial charge in [0, 0.05) is 19.0 Å². The van der Waals surface area contributed by atoms with Gasteiger partial charge < -0.3 is 14.6 Å². The summed E-state index contributed by atoms with van der Waals surface area (Å²) < 4.78 is 19.7. The van der Waals surface area contributed by atoms with Crippen molar-refractivity contribution in [3.8, 4) is 0 Å². The summed E-state index contributed by atoms with van der Waals surface area (Å²) in [6.45, 7) is 3.51. The second-order valence-electron chi connectivity index (χ2n) is 8.61. The van der Waals surface area contributed by atoms with Crippen LogP contribution in [0.2, 0.25) is 0 Å². The van der Waals surface area contributed by atoms with Crippen molar-refractivity contribution >= 4 is 11.9 Å². The number of nitrogens with one attached hydrogen (secondary N) is 1. The molecule has 5 rings (SSSR count). The molecular formula is C21H25FN4O2. The molecule has 1 spiro atoms. The molecule has 1 N–H and O–H groups in total. The van der Waals surface area contributed by atoms with Crippen molar-refractivity contribution < 1.29 is 13.6 Å². The van der Waals surface area contributed by atoms with Gasteiger partial charge >= 0.3 is 6.01 Å². The highest BCUT2D eigenvalue weighted by molar-refractivity contribution is 5.83. The molecule has 0 radical (unpaired) electrons. The molecule has 1 saturated heterocycles. The summed E-state index contributed by atoms with van der Waals surface area (Å²) in [6, 6.07) is 6.66. The largest absolute Gasteiger partial charge is 0.408 e. The fourth-order valence-electron chi connectivity index (χ4n) is 4.43. The number of amides is 1. The Morgan fingerprint density at radius 3 is 2.68 bits per heavy atom. The van der Waals surface area contributed by atoms with Gasteiger partial charge in [0.15, 0.2) is 0 Å². The highest BCUT2D eigenvalue weighted by atomic mass is 19.1. The van der Waals surface area contributed by atoms with Gasteiger partial charge in [-0.05, 0) is 62.0 Å². The van der Waals surface area contributed by atoms with E-state index in [9.17, 15) is 9.18 Å². The minimum Gasteiger partial charge on any atom is -0.408 e. The van der Waals surface area contributed by atoms with Crippen LogP contribution < -0.4 is 5.32 Å². The smallest absolute Gasteiger partial charge is 0.316 e. The molecule has 2 aromatic rings. The van der Waals surface area contributed by atoms with E-state index in [1.54, 1.807) is 12.1 Å². The van der Waals surface area contributed by atoms with Crippen molar-refractivity contribution in [1.82, 2.24) is 15.1 Å². The Kier molecular flexibility index (Phi) is 4.14. The van der Waals surface area contributed by atoms with Crippen LogP contribution in [0.1, 0.15) is 62.3 Å². The van der Waals surface area contributed by atoms with Gasteiger partial charge in [-0.1, -0.05) is 23.3 Å². The number of rotatable bonds is 5. The third kappa shape index (κ3) is 3.27. The van der Waals surface area contributed by atoms with Crippen LogP contribution in [0.25, 0.3) is 0 Å². The number of piperidine rings is 1. The molecule has 7 heteroatoms. The molecule has 6 nitrogen and oxygen atoms in total. The average molecular weight is 384 g/mol. The first-order valence-corrected chi connectivity index (χ1v) is 10.2. The van der Waals surface area contributed by atoms with E-state index in [0.29, 0.717) is 16.9 Å². The first kappa shape index (κ1) is 17.6. The zero-order valence-corrected chi connectivity index (χ0v) is 16.0. The van der Waals surface area contributed by atoms with Gasteiger partial charge in [-0.25, -0.2) is 4.39 Å². The number of anilines is 1. The van der Waals surface area contributed by atoms with E-state index in [-0.39, 0.29) is 29.6 Å². The first-order valence-electron chi connectivity index (χ1n) is 10.2. The predicted octanol–water partition coefficient (Wildman–Crippen LogP) is 3.68. The van der Waals surface area contributed by atoms with Gasteiger partial charge in [0.1, 0.15) is 11.9 Å². The number of carbonyl (C=O) groups excluding carboxylic acids is 1. The summed E-state index contributed by atoms with van der Waals surface area (Å²) in [5.74, 6) is 0.510. The summed E-state index contributed by atoms with van der Waals surface area (Å²) >= 11 is 0. The third-order valence-electron chi connectivity index (χ3n) is 6.66. The molecule has 2 saturated carbocycles. The number of halogens is 1. The molecule has 1 aliphatic heterocycles. The number of likely N-dealkylation sites (tertiary alicyclic amines) is 1. The van der Waals surface area contributed by atoms with Gasteiger partial charge in [-0.15, -0.1) is 5.10 Å². The summed E-state index contributed by atoms with van der Waals surface area (Å²) in [5.41, 5.74) is 1.25. The summed E-state index contributed by atoms with van der Waals surface area (Å²) in [6.07, 6.45) is 5.68. The number of hydrogen-bond acceptors (Lipinski definition) is 5. The fourth-order valence-corrected chi connectivity index (χ4v) is 4.43. The van der Waals surface area contributed by atoms with Crippen molar-refractivity contribution in [3.63, 3.8) is 0 Å². The summed E-state index contributed by atoms with van der Waals surface area (Å²) in [4.78, 5) is 14.6. The lowest BCUT2D eigenvalue weighted by Gasteiger charge is -2.33. The topological polar surface area (TPSA) is 71.3 Å². The lowest BCUT2D eigenvalue weighted by atomic mass is 9.93. The maximum Gasteiger partial charge on any atom is 0.316 e. The van der Waals surface area contributed by atoms with Crippen molar-refractivity contribution in [3.05, 3.63) is 41.5 Å². The van der Waals surface area contributed by atoms with E-state index in [1.165, 1.54) is 18.9 Å². The maximum atomic E-state index is 13.9. The molecular weight excluding hydrogens is 359 g/mol. The lowest BCUT2D eigenvalue weighted by molar-refractivity contribution is -0.133. The maximum absolute atomic E-state index is 13.9. The Bertz CT molecular complexity index is 884. The van der Waals surface area contributed by atoms with Crippen molar-refractivity contribution in [2.75, 3.05) is 18.4 Å². The van der Waals surface area contributed by atoms with Crippen molar-refractivity contribution in [2.24, 2.45) is 5.41 Å². The number of aromatic nitrogens is 2. The van der Waals surface area contributed by atoms with Crippen LogP contribution in [-0.2, 0) is 4.79 Å². The summed E-state index contributed by atoms with van der Waals surface area (Å²) in [5, 5.41) is 11.2. The number of benzene rings is 1. The third-order valence-corrected chi connectivity index (χ3v) is 6.66. The Morgan fingerprint density at radius 2 is 1.96 bits per heavy atom. The van der Waals surface area contributed by atoms with Crippen LogP contribution in [0, 0.1) is 11.2 Å². The van der Waals surface area contributed by atoms with Gasteiger partial charge in [0.25, 0.3) is 0 Å². The molecule has 2 aliphatic carbocycles. The standard InChI is InChI=1S/C21H25FN4O2/c1-13(19(27)26-10-8-21(6-7-21)9-11-26)23-20-25-24-18(28-20)16-12-15(16)14-4-2-3-5-17(14)22/h2-5,13,15-16H,6-12H2,1H3,(H,23,25)/t13-,15-,16+/m0/s1. The number of nitrogens with zero attached hydrogens (tertiary/aromatic N) is 3. The fraction of sp³-hybridized carbons (Fsp3) is 0.571. The molecule has 28 heavy (non-hydrogen) atoms. The van der Waals surface area contributed by atoms with Gasteiger partial charge in [-0.2, -0.15) is 0 Å². The molecule has 3 fully saturated rings. The van der Waals surface area contributed by atoms with E-state index in [1.807, 2.05) is 17.9 Å². The minimum absolute atomic E-state index is 0.0442. The van der Waals surface area contributed by atoms with E-state index < -0.39 is 6.04 Å². The highest BCUT2D eigenvalue weighted by Gasteiger charge is 2.46. The predicted molar refractivity (Wildman–Crippen MR) is 101 cm³/mol. The second-order valence-corrected chi connectivity index (χ2v) is 8.61. The van der Waals surface area contributed by atoms with Crippen LogP contribution in [0.4, 0.5) is 10.4 Å². The van der Waals surface area contributed by atoms with Crippen LogP contribution >= 0.6 is 0 Å². The van der Waals surface area contributed by atoms with E-state index in [2.05, 4.69) is 15.5 Å². The molecule has 148 valence electrons. The monoisotopic (exact) mass is 384 g/mol. The lowest BCUT2D eigenvalue weighted by Crippen LogP contribution is -2.45.